The molecule has 0 atom stereocenters. The summed E-state index contributed by atoms with van der Waals surface area (Å²) in [5.74, 6) is 0.767. The fraction of sp³-hybridized carbons (Fsp3) is 0.364. The lowest BCUT2D eigenvalue weighted by atomic mass is 10.3. The van der Waals surface area contributed by atoms with Crippen molar-refractivity contribution < 1.29 is 0 Å². The van der Waals surface area contributed by atoms with Crippen LogP contribution in [0.15, 0.2) is 25.3 Å². The maximum atomic E-state index is 5.55. The predicted octanol–water partition coefficient (Wildman–Crippen LogP) is 0.995. The van der Waals surface area contributed by atoms with Gasteiger partial charge in [-0.25, -0.2) is 0 Å². The zero-order valence-corrected chi connectivity index (χ0v) is 9.84. The van der Waals surface area contributed by atoms with Crippen molar-refractivity contribution in [3.8, 4) is 0 Å². The number of nitrogens with zero attached hydrogens (tertiary/aromatic N) is 4. The lowest BCUT2D eigenvalue weighted by Crippen LogP contribution is -2.28. The van der Waals surface area contributed by atoms with E-state index in [-0.39, 0.29) is 11.9 Å². The lowest BCUT2D eigenvalue weighted by Gasteiger charge is -2.21. The van der Waals surface area contributed by atoms with E-state index in [4.69, 9.17) is 11.5 Å². The zero-order chi connectivity index (χ0) is 12.7. The van der Waals surface area contributed by atoms with Crippen LogP contribution in [0.2, 0.25) is 0 Å². The third-order valence-electron chi connectivity index (χ3n) is 2.15. The van der Waals surface area contributed by atoms with Gasteiger partial charge in [-0.05, 0) is 12.8 Å². The third kappa shape index (κ3) is 4.10. The summed E-state index contributed by atoms with van der Waals surface area (Å²) in [6, 6.07) is 0. The molecular formula is C11H18N6. The highest BCUT2D eigenvalue weighted by atomic mass is 15.3. The largest absolute Gasteiger partial charge is 0.368 e. The van der Waals surface area contributed by atoms with Crippen LogP contribution in [0.4, 0.5) is 17.8 Å². The van der Waals surface area contributed by atoms with Crippen molar-refractivity contribution in [3.63, 3.8) is 0 Å². The number of anilines is 3. The van der Waals surface area contributed by atoms with Gasteiger partial charge in [0, 0.05) is 13.1 Å². The molecular weight excluding hydrogens is 216 g/mol. The summed E-state index contributed by atoms with van der Waals surface area (Å²) in [6.45, 7) is 8.91. The van der Waals surface area contributed by atoms with Crippen LogP contribution in [-0.2, 0) is 0 Å². The zero-order valence-electron chi connectivity index (χ0n) is 9.84. The highest BCUT2D eigenvalue weighted by Gasteiger charge is 2.10. The topological polar surface area (TPSA) is 94.0 Å². The van der Waals surface area contributed by atoms with Crippen molar-refractivity contribution in [1.82, 2.24) is 15.0 Å². The summed E-state index contributed by atoms with van der Waals surface area (Å²) in [5.41, 5.74) is 11.1. The smallest absolute Gasteiger partial charge is 0.231 e. The molecule has 6 heteroatoms. The molecule has 4 N–H and O–H groups in total. The minimum Gasteiger partial charge on any atom is -0.368 e. The Kier molecular flexibility index (Phi) is 4.93. The standard InChI is InChI=1S/C11H18N6/c1-3-5-7-17(8-6-4-2)11-15-9(12)14-10(13)16-11/h3-4H,1-2,5-8H2,(H4,12,13,14,15,16). The second-order valence-corrected chi connectivity index (χ2v) is 3.49. The van der Waals surface area contributed by atoms with Gasteiger partial charge in [0.25, 0.3) is 0 Å². The number of hydrogen-bond acceptors (Lipinski definition) is 6. The fourth-order valence-corrected chi connectivity index (χ4v) is 1.34. The van der Waals surface area contributed by atoms with Gasteiger partial charge in [0.05, 0.1) is 0 Å². The van der Waals surface area contributed by atoms with Crippen LogP contribution in [0.1, 0.15) is 12.8 Å². The summed E-state index contributed by atoms with van der Waals surface area (Å²) in [6.07, 6.45) is 5.36. The summed E-state index contributed by atoms with van der Waals surface area (Å²) in [5, 5.41) is 0. The average Bonchev–Trinajstić information content (AvgIpc) is 2.28. The molecule has 0 unspecified atom stereocenters. The molecule has 0 spiro atoms. The first kappa shape index (κ1) is 13.0. The van der Waals surface area contributed by atoms with Crippen LogP contribution in [0.3, 0.4) is 0 Å². The van der Waals surface area contributed by atoms with Gasteiger partial charge in [-0.15, -0.1) is 13.2 Å². The summed E-state index contributed by atoms with van der Waals surface area (Å²) in [4.78, 5) is 13.9. The molecule has 1 heterocycles. The van der Waals surface area contributed by atoms with Gasteiger partial charge >= 0.3 is 0 Å². The Hall–Kier alpha value is -2.11. The lowest BCUT2D eigenvalue weighted by molar-refractivity contribution is 0.757. The minimum absolute atomic E-state index is 0.134. The van der Waals surface area contributed by atoms with E-state index in [1.54, 1.807) is 0 Å². The molecule has 0 saturated heterocycles. The Labute approximate surface area is 101 Å². The molecule has 0 fully saturated rings. The van der Waals surface area contributed by atoms with Gasteiger partial charge in [-0.2, -0.15) is 15.0 Å². The van der Waals surface area contributed by atoms with Gasteiger partial charge in [0.2, 0.25) is 17.8 Å². The molecule has 0 aliphatic carbocycles. The minimum atomic E-state index is 0.134. The number of rotatable bonds is 7. The monoisotopic (exact) mass is 234 g/mol. The van der Waals surface area contributed by atoms with E-state index in [1.165, 1.54) is 0 Å². The van der Waals surface area contributed by atoms with Gasteiger partial charge in [0.1, 0.15) is 0 Å². The van der Waals surface area contributed by atoms with E-state index in [2.05, 4.69) is 28.1 Å². The Balaban J connectivity index is 2.85. The molecule has 0 amide bonds. The van der Waals surface area contributed by atoms with E-state index >= 15 is 0 Å². The molecule has 1 aromatic heterocycles. The Morgan fingerprint density at radius 2 is 1.41 bits per heavy atom. The summed E-state index contributed by atoms with van der Waals surface area (Å²) >= 11 is 0. The van der Waals surface area contributed by atoms with Gasteiger partial charge in [0.15, 0.2) is 0 Å². The molecule has 0 bridgehead atoms. The maximum Gasteiger partial charge on any atom is 0.231 e. The Morgan fingerprint density at radius 3 is 1.82 bits per heavy atom. The van der Waals surface area contributed by atoms with Gasteiger partial charge in [-0.1, -0.05) is 12.2 Å². The summed E-state index contributed by atoms with van der Waals surface area (Å²) < 4.78 is 0. The fourth-order valence-electron chi connectivity index (χ4n) is 1.34. The number of nitrogens with two attached hydrogens (primary N) is 2. The predicted molar refractivity (Wildman–Crippen MR) is 70.5 cm³/mol. The van der Waals surface area contributed by atoms with Crippen molar-refractivity contribution in [2.75, 3.05) is 29.5 Å². The third-order valence-corrected chi connectivity index (χ3v) is 2.15. The van der Waals surface area contributed by atoms with Crippen molar-refractivity contribution in [2.24, 2.45) is 0 Å². The van der Waals surface area contributed by atoms with E-state index in [1.807, 2.05) is 17.1 Å². The molecule has 0 aliphatic heterocycles. The Morgan fingerprint density at radius 1 is 0.941 bits per heavy atom. The molecule has 0 radical (unpaired) electrons. The molecule has 1 rings (SSSR count). The summed E-state index contributed by atoms with van der Waals surface area (Å²) in [7, 11) is 0. The van der Waals surface area contributed by atoms with Crippen LogP contribution in [-0.4, -0.2) is 28.0 Å². The van der Waals surface area contributed by atoms with Crippen molar-refractivity contribution in [2.45, 2.75) is 12.8 Å². The normalized spacial score (nSPS) is 9.88. The van der Waals surface area contributed by atoms with Crippen molar-refractivity contribution in [3.05, 3.63) is 25.3 Å². The van der Waals surface area contributed by atoms with Gasteiger partial charge < -0.3 is 16.4 Å². The molecule has 0 aliphatic rings. The SMILES string of the molecule is C=CCCN(CCC=C)c1nc(N)nc(N)n1. The average molecular weight is 234 g/mol. The maximum absolute atomic E-state index is 5.55. The van der Waals surface area contributed by atoms with Crippen LogP contribution in [0, 0.1) is 0 Å². The quantitative estimate of drug-likeness (QED) is 0.683. The van der Waals surface area contributed by atoms with Crippen LogP contribution < -0.4 is 16.4 Å². The highest BCUT2D eigenvalue weighted by Crippen LogP contribution is 2.11. The van der Waals surface area contributed by atoms with E-state index in [0.717, 1.165) is 25.9 Å². The molecule has 17 heavy (non-hydrogen) atoms. The molecule has 92 valence electrons. The van der Waals surface area contributed by atoms with Crippen molar-refractivity contribution >= 4 is 17.8 Å². The van der Waals surface area contributed by atoms with Crippen molar-refractivity contribution in [1.29, 1.82) is 0 Å². The van der Waals surface area contributed by atoms with Crippen LogP contribution in [0.25, 0.3) is 0 Å². The van der Waals surface area contributed by atoms with E-state index < -0.39 is 0 Å². The molecule has 1 aromatic rings. The van der Waals surface area contributed by atoms with Crippen LogP contribution >= 0.6 is 0 Å². The number of hydrogen-bond donors (Lipinski definition) is 2. The highest BCUT2D eigenvalue weighted by molar-refractivity contribution is 5.39. The first-order valence-corrected chi connectivity index (χ1v) is 5.41. The first-order valence-electron chi connectivity index (χ1n) is 5.41. The van der Waals surface area contributed by atoms with Gasteiger partial charge in [-0.3, -0.25) is 0 Å². The first-order chi connectivity index (χ1) is 8.17. The van der Waals surface area contributed by atoms with Crippen LogP contribution in [0.5, 0.6) is 0 Å². The Bertz CT molecular complexity index is 357. The van der Waals surface area contributed by atoms with E-state index in [0.29, 0.717) is 5.95 Å². The molecule has 6 nitrogen and oxygen atoms in total. The number of nitrogen functional groups attached to an aromatic ring is 2. The molecule has 0 saturated carbocycles. The second-order valence-electron chi connectivity index (χ2n) is 3.49. The number of aromatic nitrogens is 3. The second kappa shape index (κ2) is 6.47. The van der Waals surface area contributed by atoms with E-state index in [9.17, 15) is 0 Å². The molecule has 0 aromatic carbocycles.